The van der Waals surface area contributed by atoms with Crippen molar-refractivity contribution < 1.29 is 9.90 Å². The zero-order valence-electron chi connectivity index (χ0n) is 15.4. The zero-order chi connectivity index (χ0) is 18.5. The number of aromatic amines is 1. The van der Waals surface area contributed by atoms with Gasteiger partial charge in [0.05, 0.1) is 0 Å². The van der Waals surface area contributed by atoms with Crippen LogP contribution in [0, 0.1) is 11.8 Å². The number of unbranched alkanes of at least 4 members (excludes halogenated alkanes) is 5. The second kappa shape index (κ2) is 12.3. The largest absolute Gasteiger partial charge is 0.396 e. The monoisotopic (exact) mass is 358 g/mol. The number of hydrogen-bond donors (Lipinski definition) is 2. The first-order valence-electron chi connectivity index (χ1n) is 9.68. The number of ketones is 1. The van der Waals surface area contributed by atoms with Crippen molar-refractivity contribution in [1.82, 2.24) is 20.6 Å². The van der Waals surface area contributed by atoms with E-state index in [-0.39, 0.29) is 24.2 Å². The van der Waals surface area contributed by atoms with Crippen LogP contribution in [0.5, 0.6) is 0 Å². The topological polar surface area (TPSA) is 91.8 Å². The Labute approximate surface area is 155 Å². The molecule has 1 aromatic rings. The van der Waals surface area contributed by atoms with Gasteiger partial charge in [0.15, 0.2) is 11.6 Å². The van der Waals surface area contributed by atoms with Crippen LogP contribution in [0.25, 0.3) is 0 Å². The van der Waals surface area contributed by atoms with Crippen molar-refractivity contribution in [2.45, 2.75) is 57.8 Å². The summed E-state index contributed by atoms with van der Waals surface area (Å²) in [5.74, 6) is 1.26. The van der Waals surface area contributed by atoms with Gasteiger partial charge in [0.1, 0.15) is 0 Å². The molecule has 142 valence electrons. The van der Waals surface area contributed by atoms with E-state index in [0.717, 1.165) is 63.6 Å². The summed E-state index contributed by atoms with van der Waals surface area (Å²) in [5.41, 5.74) is 0. The summed E-state index contributed by atoms with van der Waals surface area (Å²) in [7, 11) is 0. The second-order valence-electron chi connectivity index (χ2n) is 6.73. The van der Waals surface area contributed by atoms with Crippen LogP contribution >= 0.6 is 0 Å². The molecule has 0 aliphatic heterocycles. The van der Waals surface area contributed by atoms with E-state index in [1.54, 1.807) is 6.08 Å². The van der Waals surface area contributed by atoms with Gasteiger partial charge < -0.3 is 5.11 Å². The average molecular weight is 358 g/mol. The van der Waals surface area contributed by atoms with Crippen LogP contribution in [0.3, 0.4) is 0 Å². The molecule has 0 amide bonds. The highest BCUT2D eigenvalue weighted by Gasteiger charge is 2.26. The van der Waals surface area contributed by atoms with Gasteiger partial charge in [-0.05, 0) is 44.6 Å². The number of aliphatic hydroxyl groups is 1. The van der Waals surface area contributed by atoms with Gasteiger partial charge in [-0.1, -0.05) is 48.4 Å². The first kappa shape index (κ1) is 20.2. The third-order valence-electron chi connectivity index (χ3n) is 4.67. The molecule has 2 rings (SSSR count). The maximum atomic E-state index is 12.1. The number of carbonyl (C=O) groups excluding carboxylic acids is 1. The van der Waals surface area contributed by atoms with E-state index in [0.29, 0.717) is 0 Å². The molecule has 1 aromatic heterocycles. The molecule has 0 unspecified atom stereocenters. The molecular formula is C20H30N4O2. The maximum absolute atomic E-state index is 12.1. The smallest absolute Gasteiger partial charge is 0.174 e. The van der Waals surface area contributed by atoms with Gasteiger partial charge in [-0.2, -0.15) is 5.21 Å². The number of tetrazole rings is 1. The number of carbonyl (C=O) groups is 1. The predicted octanol–water partition coefficient (Wildman–Crippen LogP) is 3.34. The highest BCUT2D eigenvalue weighted by atomic mass is 16.2. The van der Waals surface area contributed by atoms with Gasteiger partial charge in [0.25, 0.3) is 0 Å². The van der Waals surface area contributed by atoms with E-state index in [9.17, 15) is 4.79 Å². The summed E-state index contributed by atoms with van der Waals surface area (Å²) in [6.07, 6.45) is 21.3. The Kier molecular flexibility index (Phi) is 9.57. The van der Waals surface area contributed by atoms with Crippen molar-refractivity contribution in [2.24, 2.45) is 11.8 Å². The summed E-state index contributed by atoms with van der Waals surface area (Å²) >= 11 is 0. The summed E-state index contributed by atoms with van der Waals surface area (Å²) in [6.45, 7) is 0.289. The van der Waals surface area contributed by atoms with Crippen molar-refractivity contribution in [3.8, 4) is 0 Å². The van der Waals surface area contributed by atoms with E-state index in [4.69, 9.17) is 5.11 Å². The first-order valence-corrected chi connectivity index (χ1v) is 9.68. The third-order valence-corrected chi connectivity index (χ3v) is 4.67. The summed E-state index contributed by atoms with van der Waals surface area (Å²) in [6, 6.07) is 0. The Morgan fingerprint density at radius 2 is 1.92 bits per heavy atom. The van der Waals surface area contributed by atoms with E-state index in [1.807, 2.05) is 6.08 Å². The van der Waals surface area contributed by atoms with Gasteiger partial charge in [-0.15, -0.1) is 10.2 Å². The number of allylic oxidation sites excluding steroid dienone is 6. The normalized spacial score (nSPS) is 20.1. The standard InChI is InChI=1S/C20H30N4O2/c25-16-10-6-2-1-3-7-11-17-14-15-19(26)18(17)12-8-4-5-9-13-20-21-23-24-22-20/h4,7-8,11,14-15,17-18,25H,1-3,5-6,9-10,12-13,16H2,(H,21,22,23,24)/b8-4-,11-7?/t17-,18+/m1/s1. The van der Waals surface area contributed by atoms with Crippen LogP contribution in [-0.2, 0) is 11.2 Å². The lowest BCUT2D eigenvalue weighted by Gasteiger charge is -2.12. The van der Waals surface area contributed by atoms with Crippen molar-refractivity contribution in [1.29, 1.82) is 0 Å². The number of aryl methyl sites for hydroxylation is 1. The quantitative estimate of drug-likeness (QED) is 0.417. The maximum Gasteiger partial charge on any atom is 0.174 e. The van der Waals surface area contributed by atoms with Crippen LogP contribution < -0.4 is 0 Å². The summed E-state index contributed by atoms with van der Waals surface area (Å²) in [5, 5.41) is 22.6. The molecule has 0 saturated heterocycles. The van der Waals surface area contributed by atoms with E-state index in [2.05, 4.69) is 44.9 Å². The molecule has 0 saturated carbocycles. The fourth-order valence-corrected chi connectivity index (χ4v) is 3.13. The molecule has 2 atom stereocenters. The molecule has 0 bridgehead atoms. The molecule has 1 aliphatic carbocycles. The number of hydrogen-bond acceptors (Lipinski definition) is 5. The lowest BCUT2D eigenvalue weighted by molar-refractivity contribution is -0.117. The Morgan fingerprint density at radius 1 is 1.08 bits per heavy atom. The van der Waals surface area contributed by atoms with Gasteiger partial charge in [0.2, 0.25) is 0 Å². The molecular weight excluding hydrogens is 328 g/mol. The molecule has 2 N–H and O–H groups in total. The van der Waals surface area contributed by atoms with Gasteiger partial charge >= 0.3 is 0 Å². The zero-order valence-corrected chi connectivity index (χ0v) is 15.4. The fourth-order valence-electron chi connectivity index (χ4n) is 3.13. The Hall–Kier alpha value is -2.08. The van der Waals surface area contributed by atoms with E-state index >= 15 is 0 Å². The van der Waals surface area contributed by atoms with Crippen LogP contribution in [0.2, 0.25) is 0 Å². The SMILES string of the molecule is O=C1C=C[C@@H](C=CCCCCCCO)[C@@H]1C/C=C\CCCc1nn[nH]n1. The van der Waals surface area contributed by atoms with Crippen LogP contribution in [0.4, 0.5) is 0 Å². The molecule has 1 heterocycles. The lowest BCUT2D eigenvalue weighted by atomic mass is 9.90. The minimum Gasteiger partial charge on any atom is -0.396 e. The minimum absolute atomic E-state index is 0.0501. The van der Waals surface area contributed by atoms with Crippen LogP contribution in [0.15, 0.2) is 36.5 Å². The number of H-pyrrole nitrogens is 1. The number of nitrogens with zero attached hydrogens (tertiary/aromatic N) is 3. The lowest BCUT2D eigenvalue weighted by Crippen LogP contribution is -2.13. The van der Waals surface area contributed by atoms with Gasteiger partial charge in [-0.25, -0.2) is 0 Å². The molecule has 0 spiro atoms. The Balaban J connectivity index is 1.62. The minimum atomic E-state index is 0.0501. The highest BCUT2D eigenvalue weighted by Crippen LogP contribution is 2.27. The predicted molar refractivity (Wildman–Crippen MR) is 101 cm³/mol. The second-order valence-corrected chi connectivity index (χ2v) is 6.73. The van der Waals surface area contributed by atoms with E-state index in [1.165, 1.54) is 0 Å². The molecule has 0 aromatic carbocycles. The number of aromatic nitrogens is 4. The molecule has 1 aliphatic rings. The van der Waals surface area contributed by atoms with E-state index < -0.39 is 0 Å². The summed E-state index contributed by atoms with van der Waals surface area (Å²) in [4.78, 5) is 12.1. The number of rotatable bonds is 13. The molecule has 6 nitrogen and oxygen atoms in total. The van der Waals surface area contributed by atoms with Crippen molar-refractivity contribution in [3.63, 3.8) is 0 Å². The van der Waals surface area contributed by atoms with Gasteiger partial charge in [0, 0.05) is 24.9 Å². The molecule has 26 heavy (non-hydrogen) atoms. The number of nitrogens with one attached hydrogen (secondary N) is 1. The summed E-state index contributed by atoms with van der Waals surface area (Å²) < 4.78 is 0. The van der Waals surface area contributed by atoms with Crippen LogP contribution in [0.1, 0.15) is 57.2 Å². The Bertz CT molecular complexity index is 593. The third kappa shape index (κ3) is 7.44. The fraction of sp³-hybridized carbons (Fsp3) is 0.600. The first-order chi connectivity index (χ1) is 12.8. The van der Waals surface area contributed by atoms with Crippen molar-refractivity contribution in [2.75, 3.05) is 6.61 Å². The van der Waals surface area contributed by atoms with Crippen molar-refractivity contribution >= 4 is 5.78 Å². The van der Waals surface area contributed by atoms with Gasteiger partial charge in [-0.3, -0.25) is 4.79 Å². The average Bonchev–Trinajstić information content (AvgIpc) is 3.28. The molecule has 0 radical (unpaired) electrons. The van der Waals surface area contributed by atoms with Crippen LogP contribution in [-0.4, -0.2) is 38.1 Å². The molecule has 6 heteroatoms. The highest BCUT2D eigenvalue weighted by molar-refractivity contribution is 5.95. The molecule has 0 fully saturated rings. The van der Waals surface area contributed by atoms with Crippen molar-refractivity contribution in [3.05, 3.63) is 42.3 Å². The Morgan fingerprint density at radius 3 is 2.73 bits per heavy atom. The number of aliphatic hydroxyl groups excluding tert-OH is 1.